The van der Waals surface area contributed by atoms with Crippen molar-refractivity contribution in [3.05, 3.63) is 16.1 Å². The van der Waals surface area contributed by atoms with Crippen LogP contribution in [-0.4, -0.2) is 55.4 Å². The summed E-state index contributed by atoms with van der Waals surface area (Å²) in [4.78, 5) is 19.1. The number of methoxy groups -OCH3 is 1. The largest absolute Gasteiger partial charge is 0.378 e. The molecule has 124 valence electrons. The van der Waals surface area contributed by atoms with Gasteiger partial charge in [-0.3, -0.25) is 4.79 Å². The van der Waals surface area contributed by atoms with Crippen LogP contribution in [0.25, 0.3) is 0 Å². The molecule has 2 rings (SSSR count). The SMILES string of the molecule is COCc1ncc(C(=O)N2CCS(=O)(=O)CC2C(C)(C)C)s1. The van der Waals surface area contributed by atoms with E-state index in [1.807, 2.05) is 20.8 Å². The third-order valence-corrected chi connectivity index (χ3v) is 6.31. The van der Waals surface area contributed by atoms with Gasteiger partial charge in [0.15, 0.2) is 9.84 Å². The second kappa shape index (κ2) is 6.25. The van der Waals surface area contributed by atoms with Crippen LogP contribution in [0.4, 0.5) is 0 Å². The predicted octanol–water partition coefficient (Wildman–Crippen LogP) is 1.57. The highest BCUT2D eigenvalue weighted by atomic mass is 32.2. The van der Waals surface area contributed by atoms with Gasteiger partial charge in [-0.25, -0.2) is 13.4 Å². The van der Waals surface area contributed by atoms with Gasteiger partial charge in [-0.15, -0.1) is 11.3 Å². The summed E-state index contributed by atoms with van der Waals surface area (Å²) >= 11 is 1.30. The van der Waals surface area contributed by atoms with Crippen LogP contribution in [0.2, 0.25) is 0 Å². The first-order valence-electron chi connectivity index (χ1n) is 7.09. The number of carbonyl (C=O) groups is 1. The Morgan fingerprint density at radius 1 is 1.50 bits per heavy atom. The van der Waals surface area contributed by atoms with E-state index in [1.165, 1.54) is 11.3 Å². The van der Waals surface area contributed by atoms with Crippen LogP contribution < -0.4 is 0 Å². The fourth-order valence-electron chi connectivity index (χ4n) is 2.51. The molecule has 1 aliphatic heterocycles. The maximum atomic E-state index is 12.7. The number of hydrogen-bond donors (Lipinski definition) is 0. The van der Waals surface area contributed by atoms with Crippen molar-refractivity contribution in [1.29, 1.82) is 0 Å². The van der Waals surface area contributed by atoms with Gasteiger partial charge < -0.3 is 9.64 Å². The highest BCUT2D eigenvalue weighted by Gasteiger charge is 2.41. The lowest BCUT2D eigenvalue weighted by atomic mass is 9.86. The number of nitrogens with zero attached hydrogens (tertiary/aromatic N) is 2. The molecule has 0 N–H and O–H groups in total. The monoisotopic (exact) mass is 346 g/mol. The van der Waals surface area contributed by atoms with Gasteiger partial charge in [0.25, 0.3) is 5.91 Å². The van der Waals surface area contributed by atoms with Crippen LogP contribution in [0.1, 0.15) is 35.5 Å². The molecule has 1 atom stereocenters. The van der Waals surface area contributed by atoms with Gasteiger partial charge >= 0.3 is 0 Å². The fraction of sp³-hybridized carbons (Fsp3) is 0.714. The van der Waals surface area contributed by atoms with E-state index in [1.54, 1.807) is 18.2 Å². The van der Waals surface area contributed by atoms with Gasteiger partial charge in [-0.1, -0.05) is 20.8 Å². The molecule has 1 aliphatic rings. The summed E-state index contributed by atoms with van der Waals surface area (Å²) in [6.45, 7) is 6.49. The number of aromatic nitrogens is 1. The summed E-state index contributed by atoms with van der Waals surface area (Å²) in [5.74, 6) is -0.101. The van der Waals surface area contributed by atoms with E-state index >= 15 is 0 Å². The summed E-state index contributed by atoms with van der Waals surface area (Å²) in [6.07, 6.45) is 1.55. The fourth-order valence-corrected chi connectivity index (χ4v) is 5.16. The first-order chi connectivity index (χ1) is 10.1. The van der Waals surface area contributed by atoms with Crippen molar-refractivity contribution in [1.82, 2.24) is 9.88 Å². The zero-order valence-corrected chi connectivity index (χ0v) is 15.0. The molecule has 1 saturated heterocycles. The van der Waals surface area contributed by atoms with E-state index in [0.29, 0.717) is 11.5 Å². The maximum absolute atomic E-state index is 12.7. The topological polar surface area (TPSA) is 76.6 Å². The van der Waals surface area contributed by atoms with Crippen LogP contribution >= 0.6 is 11.3 Å². The summed E-state index contributed by atoms with van der Waals surface area (Å²) in [5.41, 5.74) is -0.302. The van der Waals surface area contributed by atoms with E-state index in [4.69, 9.17) is 4.74 Å². The van der Waals surface area contributed by atoms with Gasteiger partial charge in [0.05, 0.1) is 30.4 Å². The second-order valence-electron chi connectivity index (χ2n) is 6.55. The van der Waals surface area contributed by atoms with Crippen molar-refractivity contribution in [2.45, 2.75) is 33.4 Å². The molecule has 1 aromatic heterocycles. The second-order valence-corrected chi connectivity index (χ2v) is 9.89. The standard InChI is InChI=1S/C14H22N2O4S2/c1-14(2,3)11-9-22(18,19)6-5-16(11)13(17)10-7-15-12(21-10)8-20-4/h7,11H,5-6,8-9H2,1-4H3. The Morgan fingerprint density at radius 3 is 2.77 bits per heavy atom. The molecule has 2 heterocycles. The molecule has 0 spiro atoms. The van der Waals surface area contributed by atoms with Gasteiger partial charge in [0, 0.05) is 13.7 Å². The Bertz CT molecular complexity index is 646. The zero-order valence-electron chi connectivity index (χ0n) is 13.3. The number of rotatable bonds is 3. The minimum Gasteiger partial charge on any atom is -0.378 e. The van der Waals surface area contributed by atoms with Gasteiger partial charge in [-0.05, 0) is 5.41 Å². The molecule has 8 heteroatoms. The average Bonchev–Trinajstić information content (AvgIpc) is 2.85. The molecule has 0 aromatic carbocycles. The van der Waals surface area contributed by atoms with E-state index in [-0.39, 0.29) is 35.4 Å². The Hall–Kier alpha value is -0.990. The maximum Gasteiger partial charge on any atom is 0.265 e. The van der Waals surface area contributed by atoms with Gasteiger partial charge in [-0.2, -0.15) is 0 Å². The van der Waals surface area contributed by atoms with E-state index in [2.05, 4.69) is 4.98 Å². The number of amides is 1. The summed E-state index contributed by atoms with van der Waals surface area (Å²) in [5, 5.41) is 0.739. The first kappa shape index (κ1) is 17.4. The molecule has 1 amide bonds. The molecule has 1 aromatic rings. The normalized spacial score (nSPS) is 21.8. The van der Waals surface area contributed by atoms with E-state index in [9.17, 15) is 13.2 Å². The Morgan fingerprint density at radius 2 is 2.18 bits per heavy atom. The number of thiazole rings is 1. The van der Waals surface area contributed by atoms with Crippen LogP contribution in [0.15, 0.2) is 6.20 Å². The molecule has 22 heavy (non-hydrogen) atoms. The Kier molecular flexibility index (Phi) is 4.93. The lowest BCUT2D eigenvalue weighted by Gasteiger charge is -2.42. The third-order valence-electron chi connectivity index (χ3n) is 3.72. The number of hydrogen-bond acceptors (Lipinski definition) is 6. The number of carbonyl (C=O) groups excluding carboxylic acids is 1. The van der Waals surface area contributed by atoms with Crippen molar-refractivity contribution in [3.8, 4) is 0 Å². The lowest BCUT2D eigenvalue weighted by molar-refractivity contribution is 0.0566. The summed E-state index contributed by atoms with van der Waals surface area (Å²) in [7, 11) is -1.52. The quantitative estimate of drug-likeness (QED) is 0.830. The Labute approximate surface area is 135 Å². The summed E-state index contributed by atoms with van der Waals surface area (Å²) in [6, 6.07) is -0.327. The molecule has 0 saturated carbocycles. The van der Waals surface area contributed by atoms with Crippen LogP contribution in [0, 0.1) is 5.41 Å². The van der Waals surface area contributed by atoms with Crippen LogP contribution in [-0.2, 0) is 21.2 Å². The summed E-state index contributed by atoms with van der Waals surface area (Å²) < 4.78 is 28.9. The molecule has 0 bridgehead atoms. The van der Waals surface area contributed by atoms with E-state index < -0.39 is 9.84 Å². The molecule has 1 unspecified atom stereocenters. The van der Waals surface area contributed by atoms with Crippen LogP contribution in [0.3, 0.4) is 0 Å². The minimum atomic E-state index is -3.09. The minimum absolute atomic E-state index is 0.0198. The average molecular weight is 346 g/mol. The molecule has 6 nitrogen and oxygen atoms in total. The van der Waals surface area contributed by atoms with Crippen molar-refractivity contribution in [2.24, 2.45) is 5.41 Å². The molecule has 0 aliphatic carbocycles. The molecule has 0 radical (unpaired) electrons. The molecular weight excluding hydrogens is 324 g/mol. The first-order valence-corrected chi connectivity index (χ1v) is 9.73. The van der Waals surface area contributed by atoms with Crippen molar-refractivity contribution in [2.75, 3.05) is 25.2 Å². The van der Waals surface area contributed by atoms with Crippen molar-refractivity contribution < 1.29 is 17.9 Å². The Balaban J connectivity index is 2.26. The van der Waals surface area contributed by atoms with E-state index in [0.717, 1.165) is 5.01 Å². The van der Waals surface area contributed by atoms with Crippen molar-refractivity contribution in [3.63, 3.8) is 0 Å². The number of sulfone groups is 1. The van der Waals surface area contributed by atoms with Gasteiger partial charge in [0.2, 0.25) is 0 Å². The number of ether oxygens (including phenoxy) is 1. The van der Waals surface area contributed by atoms with Gasteiger partial charge in [0.1, 0.15) is 9.88 Å². The smallest absolute Gasteiger partial charge is 0.265 e. The molecule has 1 fully saturated rings. The zero-order chi connectivity index (χ0) is 16.5. The van der Waals surface area contributed by atoms with Crippen LogP contribution in [0.5, 0.6) is 0 Å². The lowest BCUT2D eigenvalue weighted by Crippen LogP contribution is -2.56. The van der Waals surface area contributed by atoms with Crippen molar-refractivity contribution >= 4 is 27.1 Å². The highest BCUT2D eigenvalue weighted by Crippen LogP contribution is 2.30. The predicted molar refractivity (Wildman–Crippen MR) is 85.8 cm³/mol. The molecular formula is C14H22N2O4S2. The highest BCUT2D eigenvalue weighted by molar-refractivity contribution is 7.91. The third kappa shape index (κ3) is 3.85.